The largest absolute Gasteiger partial charge is 0.508 e. The number of hydrogen-bond donors (Lipinski definition) is 2. The minimum atomic E-state index is -0.511. The molecule has 0 bridgehead atoms. The smallest absolute Gasteiger partial charge is 0.271 e. The molecule has 0 aliphatic rings. The molecule has 2 rings (SSSR count). The fourth-order valence-electron chi connectivity index (χ4n) is 2.19. The van der Waals surface area contributed by atoms with Gasteiger partial charge in [0.05, 0.1) is 11.0 Å². The lowest BCUT2D eigenvalue weighted by molar-refractivity contribution is -0.384. The van der Waals surface area contributed by atoms with Crippen molar-refractivity contribution in [3.63, 3.8) is 0 Å². The van der Waals surface area contributed by atoms with Crippen LogP contribution in [0.4, 0.5) is 11.4 Å². The summed E-state index contributed by atoms with van der Waals surface area (Å²) < 4.78 is 0. The molecule has 7 heteroatoms. The van der Waals surface area contributed by atoms with Crippen molar-refractivity contribution in [2.24, 2.45) is 0 Å². The average Bonchev–Trinajstić information content (AvgIpc) is 2.56. The first-order valence-electron chi connectivity index (χ1n) is 7.41. The Bertz CT molecular complexity index is 748. The third kappa shape index (κ3) is 4.30. The van der Waals surface area contributed by atoms with Crippen LogP contribution in [-0.4, -0.2) is 33.9 Å². The molecule has 2 N–H and O–H groups in total. The molecule has 0 saturated heterocycles. The van der Waals surface area contributed by atoms with Crippen LogP contribution in [-0.2, 0) is 11.3 Å². The lowest BCUT2D eigenvalue weighted by Gasteiger charge is -2.24. The summed E-state index contributed by atoms with van der Waals surface area (Å²) in [4.78, 5) is 24.4. The Hall–Kier alpha value is -2.93. The molecule has 1 unspecified atom stereocenters. The number of para-hydroxylation sites is 1. The molecule has 0 aromatic heterocycles. The average molecular weight is 329 g/mol. The number of carbonyl (C=O) groups is 1. The van der Waals surface area contributed by atoms with Crippen LogP contribution in [0.5, 0.6) is 5.75 Å². The van der Waals surface area contributed by atoms with Gasteiger partial charge >= 0.3 is 0 Å². The fraction of sp³-hybridized carbons (Fsp3) is 0.235. The van der Waals surface area contributed by atoms with Crippen molar-refractivity contribution >= 4 is 17.3 Å². The third-order valence-electron chi connectivity index (χ3n) is 3.78. The number of anilines is 1. The Morgan fingerprint density at radius 2 is 2.00 bits per heavy atom. The van der Waals surface area contributed by atoms with Gasteiger partial charge < -0.3 is 10.4 Å². The molecule has 0 aliphatic heterocycles. The van der Waals surface area contributed by atoms with Crippen LogP contribution in [0.3, 0.4) is 0 Å². The molecule has 0 heterocycles. The van der Waals surface area contributed by atoms with Crippen molar-refractivity contribution in [2.45, 2.75) is 19.5 Å². The van der Waals surface area contributed by atoms with Crippen LogP contribution < -0.4 is 5.32 Å². The van der Waals surface area contributed by atoms with Gasteiger partial charge in [-0.05, 0) is 26.1 Å². The zero-order valence-electron chi connectivity index (χ0n) is 13.5. The predicted octanol–water partition coefficient (Wildman–Crippen LogP) is 2.76. The van der Waals surface area contributed by atoms with Gasteiger partial charge in [0.2, 0.25) is 5.91 Å². The van der Waals surface area contributed by atoms with Crippen molar-refractivity contribution in [3.05, 3.63) is 64.2 Å². The number of phenolic OH excluding ortho intramolecular Hbond substituents is 1. The summed E-state index contributed by atoms with van der Waals surface area (Å²) in [5, 5.41) is 23.3. The summed E-state index contributed by atoms with van der Waals surface area (Å²) in [7, 11) is 1.77. The van der Waals surface area contributed by atoms with Crippen LogP contribution in [0.15, 0.2) is 48.5 Å². The summed E-state index contributed by atoms with van der Waals surface area (Å²) in [6.07, 6.45) is 0. The topological polar surface area (TPSA) is 95.7 Å². The Labute approximate surface area is 139 Å². The van der Waals surface area contributed by atoms with Crippen molar-refractivity contribution in [2.75, 3.05) is 12.4 Å². The van der Waals surface area contributed by atoms with Crippen LogP contribution >= 0.6 is 0 Å². The molecule has 24 heavy (non-hydrogen) atoms. The highest BCUT2D eigenvalue weighted by Crippen LogP contribution is 2.20. The van der Waals surface area contributed by atoms with Crippen LogP contribution in [0.2, 0.25) is 0 Å². The minimum absolute atomic E-state index is 0.0805. The molecule has 0 spiro atoms. The van der Waals surface area contributed by atoms with Crippen molar-refractivity contribution in [1.82, 2.24) is 4.90 Å². The monoisotopic (exact) mass is 329 g/mol. The van der Waals surface area contributed by atoms with E-state index in [1.54, 1.807) is 43.1 Å². The van der Waals surface area contributed by atoms with Crippen LogP contribution in [0.1, 0.15) is 12.5 Å². The molecule has 0 fully saturated rings. The number of carbonyl (C=O) groups excluding carboxylic acids is 1. The van der Waals surface area contributed by atoms with E-state index in [9.17, 15) is 20.0 Å². The zero-order chi connectivity index (χ0) is 17.7. The Morgan fingerprint density at radius 1 is 1.29 bits per heavy atom. The van der Waals surface area contributed by atoms with E-state index in [1.807, 2.05) is 6.07 Å². The number of benzene rings is 2. The summed E-state index contributed by atoms with van der Waals surface area (Å²) in [6, 6.07) is 12.2. The van der Waals surface area contributed by atoms with Crippen molar-refractivity contribution < 1.29 is 14.8 Å². The number of nitro groups is 1. The summed E-state index contributed by atoms with van der Waals surface area (Å²) in [5.74, 6) is -0.107. The standard InChI is InChI=1S/C17H19N3O4/c1-12(19(2)11-13-6-3-4-9-16(13)21)17(22)18-14-7-5-8-15(10-14)20(23)24/h3-10,12,21H,11H2,1-2H3,(H,18,22). The molecule has 2 aromatic rings. The number of non-ortho nitro benzene ring substituents is 1. The number of aromatic hydroxyl groups is 1. The van der Waals surface area contributed by atoms with E-state index in [4.69, 9.17) is 0 Å². The van der Waals surface area contributed by atoms with Crippen molar-refractivity contribution in [1.29, 1.82) is 0 Å². The third-order valence-corrected chi connectivity index (χ3v) is 3.78. The Morgan fingerprint density at radius 3 is 2.67 bits per heavy atom. The number of nitrogens with one attached hydrogen (secondary N) is 1. The number of nitrogens with zero attached hydrogens (tertiary/aromatic N) is 2. The Balaban J connectivity index is 2.02. The molecule has 1 amide bonds. The lowest BCUT2D eigenvalue weighted by atomic mass is 10.1. The highest BCUT2D eigenvalue weighted by atomic mass is 16.6. The first kappa shape index (κ1) is 17.4. The maximum Gasteiger partial charge on any atom is 0.271 e. The molecule has 0 saturated carbocycles. The second kappa shape index (κ2) is 7.56. The predicted molar refractivity (Wildman–Crippen MR) is 90.8 cm³/mol. The number of likely N-dealkylation sites (N-methyl/N-ethyl adjacent to an activating group) is 1. The SMILES string of the molecule is CC(C(=O)Nc1cccc([N+](=O)[O-])c1)N(C)Cc1ccccc1O. The molecule has 0 radical (unpaired) electrons. The first-order valence-corrected chi connectivity index (χ1v) is 7.41. The van der Waals surface area contributed by atoms with Crippen molar-refractivity contribution in [3.8, 4) is 5.75 Å². The Kier molecular flexibility index (Phi) is 5.49. The summed E-state index contributed by atoms with van der Waals surface area (Å²) in [6.45, 7) is 2.13. The highest BCUT2D eigenvalue weighted by molar-refractivity contribution is 5.94. The second-order valence-electron chi connectivity index (χ2n) is 5.52. The van der Waals surface area contributed by atoms with Gasteiger partial charge in [-0.15, -0.1) is 0 Å². The zero-order valence-corrected chi connectivity index (χ0v) is 13.5. The first-order chi connectivity index (χ1) is 11.4. The molecule has 126 valence electrons. The number of phenols is 1. The number of hydrogen-bond acceptors (Lipinski definition) is 5. The molecule has 0 aliphatic carbocycles. The van der Waals surface area contributed by atoms with E-state index >= 15 is 0 Å². The molecule has 7 nitrogen and oxygen atoms in total. The van der Waals surface area contributed by atoms with Gasteiger partial charge in [0.25, 0.3) is 5.69 Å². The van der Waals surface area contributed by atoms with Gasteiger partial charge in [0.15, 0.2) is 0 Å². The molecular formula is C17H19N3O4. The van der Waals surface area contributed by atoms with Crippen LogP contribution in [0.25, 0.3) is 0 Å². The van der Waals surface area contributed by atoms with E-state index in [2.05, 4.69) is 5.32 Å². The quantitative estimate of drug-likeness (QED) is 0.627. The molecule has 1 atom stereocenters. The normalized spacial score (nSPS) is 12.0. The van der Waals surface area contributed by atoms with E-state index in [0.717, 1.165) is 5.56 Å². The second-order valence-corrected chi connectivity index (χ2v) is 5.52. The fourth-order valence-corrected chi connectivity index (χ4v) is 2.19. The van der Waals surface area contributed by atoms with E-state index in [-0.39, 0.29) is 17.3 Å². The summed E-state index contributed by atoms with van der Waals surface area (Å²) >= 11 is 0. The van der Waals surface area contributed by atoms with E-state index in [0.29, 0.717) is 12.2 Å². The van der Waals surface area contributed by atoms with Gasteiger partial charge in [-0.1, -0.05) is 24.3 Å². The highest BCUT2D eigenvalue weighted by Gasteiger charge is 2.19. The molecular weight excluding hydrogens is 310 g/mol. The lowest BCUT2D eigenvalue weighted by Crippen LogP contribution is -2.39. The van der Waals surface area contributed by atoms with E-state index < -0.39 is 11.0 Å². The minimum Gasteiger partial charge on any atom is -0.508 e. The van der Waals surface area contributed by atoms with Gasteiger partial charge in [-0.2, -0.15) is 0 Å². The van der Waals surface area contributed by atoms with Gasteiger partial charge in [0, 0.05) is 29.9 Å². The van der Waals surface area contributed by atoms with Gasteiger partial charge in [0.1, 0.15) is 5.75 Å². The number of amides is 1. The van der Waals surface area contributed by atoms with Gasteiger partial charge in [-0.25, -0.2) is 0 Å². The van der Waals surface area contributed by atoms with Gasteiger partial charge in [-0.3, -0.25) is 19.8 Å². The number of nitro benzene ring substituents is 1. The maximum atomic E-state index is 12.3. The molecule has 2 aromatic carbocycles. The number of rotatable bonds is 6. The van der Waals surface area contributed by atoms with Crippen LogP contribution in [0, 0.1) is 10.1 Å². The maximum absolute atomic E-state index is 12.3. The summed E-state index contributed by atoms with van der Waals surface area (Å²) in [5.41, 5.74) is 1.01. The van der Waals surface area contributed by atoms with E-state index in [1.165, 1.54) is 18.2 Å².